The molecule has 0 amide bonds. The Labute approximate surface area is 159 Å². The molecular formula is C19H12ClN3O4. The normalized spacial score (nSPS) is 10.7. The van der Waals surface area contributed by atoms with Crippen LogP contribution in [0.2, 0.25) is 5.02 Å². The molecule has 1 aromatic heterocycles. The summed E-state index contributed by atoms with van der Waals surface area (Å²) < 4.78 is 5.57. The van der Waals surface area contributed by atoms with Gasteiger partial charge in [0.2, 0.25) is 11.5 Å². The summed E-state index contributed by atoms with van der Waals surface area (Å²) in [5, 5.41) is 11.7. The maximum atomic E-state index is 12.0. The molecule has 0 atom stereocenters. The lowest BCUT2D eigenvalue weighted by molar-refractivity contribution is -0.385. The van der Waals surface area contributed by atoms with Crippen molar-refractivity contribution in [3.8, 4) is 11.5 Å². The van der Waals surface area contributed by atoms with Crippen molar-refractivity contribution < 1.29 is 14.5 Å². The van der Waals surface area contributed by atoms with Crippen LogP contribution in [0.25, 0.3) is 6.08 Å². The second-order valence-electron chi connectivity index (χ2n) is 5.30. The lowest BCUT2D eigenvalue weighted by Gasteiger charge is -2.08. The van der Waals surface area contributed by atoms with Crippen LogP contribution in [0.15, 0.2) is 67.1 Å². The van der Waals surface area contributed by atoms with E-state index in [4.69, 9.17) is 16.3 Å². The molecule has 0 bridgehead atoms. The summed E-state index contributed by atoms with van der Waals surface area (Å²) in [4.78, 5) is 30.6. The van der Waals surface area contributed by atoms with Gasteiger partial charge in [0, 0.05) is 18.5 Å². The van der Waals surface area contributed by atoms with Gasteiger partial charge in [-0.05, 0) is 29.8 Å². The molecule has 0 fully saturated rings. The number of nitro benzene ring substituents is 1. The van der Waals surface area contributed by atoms with Crippen LogP contribution in [0.4, 0.5) is 5.69 Å². The molecular weight excluding hydrogens is 370 g/mol. The zero-order valence-corrected chi connectivity index (χ0v) is 14.5. The Kier molecular flexibility index (Phi) is 5.53. The average Bonchev–Trinajstić information content (AvgIpc) is 2.69. The number of carbonyl (C=O) groups excluding carboxylic acids is 1. The molecule has 0 saturated heterocycles. The average molecular weight is 382 g/mol. The van der Waals surface area contributed by atoms with E-state index in [9.17, 15) is 14.9 Å². The Hall–Kier alpha value is -3.58. The summed E-state index contributed by atoms with van der Waals surface area (Å²) in [5.41, 5.74) is 0.399. The molecule has 2 aromatic carbocycles. The molecule has 0 spiro atoms. The number of aromatic nitrogens is 2. The van der Waals surface area contributed by atoms with E-state index < -0.39 is 4.92 Å². The number of nitrogens with zero attached hydrogens (tertiary/aromatic N) is 3. The maximum Gasteiger partial charge on any atom is 0.312 e. The van der Waals surface area contributed by atoms with Crippen LogP contribution in [0.5, 0.6) is 11.5 Å². The number of benzene rings is 2. The molecule has 0 aliphatic heterocycles. The van der Waals surface area contributed by atoms with E-state index >= 15 is 0 Å². The SMILES string of the molecule is O=C(/C=C/c1ccc(Oc2ccccc2Cl)c([N+](=O)[O-])c1)c1cnccn1. The number of hydrogen-bond acceptors (Lipinski definition) is 6. The molecule has 3 rings (SSSR count). The highest BCUT2D eigenvalue weighted by Gasteiger charge is 2.17. The summed E-state index contributed by atoms with van der Waals surface area (Å²) >= 11 is 6.03. The maximum absolute atomic E-state index is 12.0. The van der Waals surface area contributed by atoms with Gasteiger partial charge >= 0.3 is 5.69 Å². The van der Waals surface area contributed by atoms with Gasteiger partial charge in [-0.3, -0.25) is 19.9 Å². The number of carbonyl (C=O) groups is 1. The molecule has 0 saturated carbocycles. The highest BCUT2D eigenvalue weighted by Crippen LogP contribution is 2.35. The molecule has 27 heavy (non-hydrogen) atoms. The number of para-hydroxylation sites is 1. The fraction of sp³-hybridized carbons (Fsp3) is 0. The monoisotopic (exact) mass is 381 g/mol. The van der Waals surface area contributed by atoms with Gasteiger partial charge in [-0.1, -0.05) is 35.9 Å². The topological polar surface area (TPSA) is 95.2 Å². The fourth-order valence-corrected chi connectivity index (χ4v) is 2.37. The molecule has 0 aliphatic rings. The number of halogens is 1. The molecule has 8 heteroatoms. The van der Waals surface area contributed by atoms with Crippen molar-refractivity contribution in [3.63, 3.8) is 0 Å². The van der Waals surface area contributed by atoms with Crippen molar-refractivity contribution in [1.82, 2.24) is 9.97 Å². The summed E-state index contributed by atoms with van der Waals surface area (Å²) in [6, 6.07) is 11.0. The first kappa shape index (κ1) is 18.2. The van der Waals surface area contributed by atoms with Crippen LogP contribution in [0, 0.1) is 10.1 Å². The summed E-state index contributed by atoms with van der Waals surface area (Å²) in [6.07, 6.45) is 6.95. The number of ketones is 1. The van der Waals surface area contributed by atoms with Crippen molar-refractivity contribution in [2.75, 3.05) is 0 Å². The van der Waals surface area contributed by atoms with Crippen LogP contribution in [-0.4, -0.2) is 20.7 Å². The lowest BCUT2D eigenvalue weighted by Crippen LogP contribution is -1.98. The minimum atomic E-state index is -0.561. The van der Waals surface area contributed by atoms with Gasteiger partial charge in [-0.2, -0.15) is 0 Å². The first-order valence-electron chi connectivity index (χ1n) is 7.74. The number of hydrogen-bond donors (Lipinski definition) is 0. The van der Waals surface area contributed by atoms with Crippen molar-refractivity contribution >= 4 is 29.1 Å². The molecule has 134 valence electrons. The minimum absolute atomic E-state index is 0.0468. The smallest absolute Gasteiger partial charge is 0.312 e. The van der Waals surface area contributed by atoms with Gasteiger partial charge < -0.3 is 4.74 Å². The van der Waals surface area contributed by atoms with Crippen molar-refractivity contribution in [1.29, 1.82) is 0 Å². The van der Waals surface area contributed by atoms with Crippen LogP contribution in [-0.2, 0) is 0 Å². The standard InChI is InChI=1S/C19H12ClN3O4/c20-14-3-1-2-4-18(14)27-19-8-6-13(11-16(19)23(25)26)5-7-17(24)15-12-21-9-10-22-15/h1-12H/b7-5+. The zero-order chi connectivity index (χ0) is 19.2. The Balaban J connectivity index is 1.85. The Morgan fingerprint density at radius 3 is 2.67 bits per heavy atom. The third-order valence-corrected chi connectivity index (χ3v) is 3.79. The van der Waals surface area contributed by atoms with E-state index in [-0.39, 0.29) is 22.9 Å². The Morgan fingerprint density at radius 1 is 1.15 bits per heavy atom. The van der Waals surface area contributed by atoms with Gasteiger partial charge in [-0.15, -0.1) is 0 Å². The van der Waals surface area contributed by atoms with Crippen LogP contribution < -0.4 is 4.74 Å². The molecule has 1 heterocycles. The highest BCUT2D eigenvalue weighted by atomic mass is 35.5. The van der Waals surface area contributed by atoms with E-state index in [0.29, 0.717) is 16.3 Å². The minimum Gasteiger partial charge on any atom is -0.449 e. The number of ether oxygens (including phenoxy) is 1. The van der Waals surface area contributed by atoms with Gasteiger partial charge in [0.15, 0.2) is 0 Å². The van der Waals surface area contributed by atoms with E-state index in [1.165, 1.54) is 42.9 Å². The molecule has 7 nitrogen and oxygen atoms in total. The van der Waals surface area contributed by atoms with Gasteiger partial charge in [-0.25, -0.2) is 4.98 Å². The largest absolute Gasteiger partial charge is 0.449 e. The highest BCUT2D eigenvalue weighted by molar-refractivity contribution is 6.32. The molecule has 0 N–H and O–H groups in total. The molecule has 3 aromatic rings. The van der Waals surface area contributed by atoms with Gasteiger partial charge in [0.05, 0.1) is 16.1 Å². The summed E-state index contributed by atoms with van der Waals surface area (Å²) in [6.45, 7) is 0. The predicted molar refractivity (Wildman–Crippen MR) is 100 cm³/mol. The molecule has 0 unspecified atom stereocenters. The molecule has 0 radical (unpaired) electrons. The predicted octanol–water partition coefficient (Wildman–Crippen LogP) is 4.73. The summed E-state index contributed by atoms with van der Waals surface area (Å²) in [5.74, 6) is -0.00367. The van der Waals surface area contributed by atoms with Crippen LogP contribution in [0.1, 0.15) is 16.1 Å². The van der Waals surface area contributed by atoms with Gasteiger partial charge in [0.1, 0.15) is 11.4 Å². The fourth-order valence-electron chi connectivity index (χ4n) is 2.20. The first-order chi connectivity index (χ1) is 13.0. The number of rotatable bonds is 6. The first-order valence-corrected chi connectivity index (χ1v) is 8.11. The number of nitro groups is 1. The Bertz CT molecular complexity index is 1020. The second-order valence-corrected chi connectivity index (χ2v) is 5.71. The lowest BCUT2D eigenvalue weighted by atomic mass is 10.1. The van der Waals surface area contributed by atoms with Crippen LogP contribution in [0.3, 0.4) is 0 Å². The third-order valence-electron chi connectivity index (χ3n) is 3.48. The zero-order valence-electron chi connectivity index (χ0n) is 13.8. The van der Waals surface area contributed by atoms with Crippen molar-refractivity contribution in [3.05, 3.63) is 93.5 Å². The van der Waals surface area contributed by atoms with Crippen molar-refractivity contribution in [2.24, 2.45) is 0 Å². The quantitative estimate of drug-likeness (QED) is 0.265. The summed E-state index contributed by atoms with van der Waals surface area (Å²) in [7, 11) is 0. The van der Waals surface area contributed by atoms with Gasteiger partial charge in [0.25, 0.3) is 0 Å². The van der Waals surface area contributed by atoms with E-state index in [1.54, 1.807) is 30.3 Å². The molecule has 0 aliphatic carbocycles. The van der Waals surface area contributed by atoms with E-state index in [1.807, 2.05) is 0 Å². The number of allylic oxidation sites excluding steroid dienone is 1. The van der Waals surface area contributed by atoms with Crippen molar-refractivity contribution in [2.45, 2.75) is 0 Å². The van der Waals surface area contributed by atoms with E-state index in [2.05, 4.69) is 9.97 Å². The van der Waals surface area contributed by atoms with Crippen LogP contribution >= 0.6 is 11.6 Å². The second kappa shape index (κ2) is 8.20. The Morgan fingerprint density at radius 2 is 1.96 bits per heavy atom. The van der Waals surface area contributed by atoms with E-state index in [0.717, 1.165) is 0 Å². The third kappa shape index (κ3) is 4.53.